The average Bonchev–Trinajstić information content (AvgIpc) is 3.52. The number of hydrogen-bond acceptors (Lipinski definition) is 9. The number of aromatic nitrogens is 6. The quantitative estimate of drug-likeness (QED) is 0.259. The van der Waals surface area contributed by atoms with Crippen LogP contribution in [0.3, 0.4) is 0 Å². The number of halogens is 1. The van der Waals surface area contributed by atoms with E-state index in [1.54, 1.807) is 23.0 Å². The van der Waals surface area contributed by atoms with Crippen LogP contribution in [0.5, 0.6) is 0 Å². The lowest BCUT2D eigenvalue weighted by Gasteiger charge is -2.34. The van der Waals surface area contributed by atoms with Gasteiger partial charge in [-0.3, -0.25) is 10.00 Å². The van der Waals surface area contributed by atoms with Crippen LogP contribution in [-0.2, 0) is 23.3 Å². The van der Waals surface area contributed by atoms with Gasteiger partial charge < -0.3 is 10.2 Å². The number of benzene rings is 1. The van der Waals surface area contributed by atoms with E-state index in [0.29, 0.717) is 55.3 Å². The third-order valence-corrected chi connectivity index (χ3v) is 7.69. The van der Waals surface area contributed by atoms with Gasteiger partial charge in [-0.05, 0) is 30.5 Å². The van der Waals surface area contributed by atoms with Crippen molar-refractivity contribution in [2.75, 3.05) is 36.4 Å². The van der Waals surface area contributed by atoms with Crippen molar-refractivity contribution in [2.45, 2.75) is 36.7 Å². The van der Waals surface area contributed by atoms with Crippen LogP contribution < -0.4 is 10.2 Å². The summed E-state index contributed by atoms with van der Waals surface area (Å²) in [4.78, 5) is 13.7. The molecule has 38 heavy (non-hydrogen) atoms. The number of nitrogens with zero attached hydrogens (tertiary/aromatic N) is 7. The number of anilines is 3. The van der Waals surface area contributed by atoms with Gasteiger partial charge in [-0.1, -0.05) is 18.1 Å². The molecule has 1 aromatic carbocycles. The maximum Gasteiger partial charge on any atom is 0.332 e. The van der Waals surface area contributed by atoms with Crippen molar-refractivity contribution in [2.24, 2.45) is 0 Å². The summed E-state index contributed by atoms with van der Waals surface area (Å²) in [7, 11) is -4.69. The van der Waals surface area contributed by atoms with E-state index < -0.39 is 10.2 Å². The fraction of sp³-hybridized carbons (Fsp3) is 0.360. The summed E-state index contributed by atoms with van der Waals surface area (Å²) in [6, 6.07) is 7.90. The lowest BCUT2D eigenvalue weighted by Crippen LogP contribution is -2.46. The van der Waals surface area contributed by atoms with Gasteiger partial charge in [0.05, 0.1) is 16.5 Å². The summed E-state index contributed by atoms with van der Waals surface area (Å²) >= 11 is 0. The monoisotopic (exact) mass is 535 g/mol. The van der Waals surface area contributed by atoms with Crippen molar-refractivity contribution in [1.82, 2.24) is 34.8 Å². The minimum absolute atomic E-state index is 0.296. The van der Waals surface area contributed by atoms with E-state index in [-0.39, 0.29) is 4.90 Å². The molecule has 3 aromatic heterocycles. The molecule has 1 aliphatic carbocycles. The minimum atomic E-state index is -4.69. The van der Waals surface area contributed by atoms with Crippen molar-refractivity contribution >= 4 is 38.8 Å². The van der Waals surface area contributed by atoms with E-state index in [0.717, 1.165) is 29.7 Å². The highest BCUT2D eigenvalue weighted by Gasteiger charge is 2.26. The Bertz CT molecular complexity index is 1610. The van der Waals surface area contributed by atoms with Crippen LogP contribution in [-0.4, -0.2) is 69.4 Å². The van der Waals surface area contributed by atoms with E-state index in [1.807, 2.05) is 6.07 Å². The van der Waals surface area contributed by atoms with Crippen molar-refractivity contribution < 1.29 is 12.3 Å². The van der Waals surface area contributed by atoms with Gasteiger partial charge >= 0.3 is 10.2 Å². The fourth-order valence-electron chi connectivity index (χ4n) is 4.63. The zero-order valence-corrected chi connectivity index (χ0v) is 21.3. The highest BCUT2D eigenvalue weighted by molar-refractivity contribution is 7.86. The average molecular weight is 536 g/mol. The molecular weight excluding hydrogens is 509 g/mol. The number of aromatic amines is 1. The zero-order valence-electron chi connectivity index (χ0n) is 20.5. The lowest BCUT2D eigenvalue weighted by atomic mass is 10.2. The topological polar surface area (TPSA) is 125 Å². The molecule has 4 aromatic rings. The summed E-state index contributed by atoms with van der Waals surface area (Å²) in [5, 5.41) is 16.0. The molecule has 1 saturated heterocycles. The lowest BCUT2D eigenvalue weighted by molar-refractivity contribution is 0.248. The first-order valence-electron chi connectivity index (χ1n) is 12.4. The molecule has 0 bridgehead atoms. The molecule has 13 heteroatoms. The molecule has 1 saturated carbocycles. The molecule has 2 N–H and O–H groups in total. The Morgan fingerprint density at radius 3 is 2.58 bits per heavy atom. The van der Waals surface area contributed by atoms with Gasteiger partial charge in [0.1, 0.15) is 12.4 Å². The van der Waals surface area contributed by atoms with Crippen LogP contribution in [0.4, 0.5) is 21.5 Å². The fourth-order valence-corrected chi connectivity index (χ4v) is 5.09. The van der Waals surface area contributed by atoms with Crippen molar-refractivity contribution in [3.05, 3.63) is 47.8 Å². The molecule has 0 spiro atoms. The smallest absolute Gasteiger partial charge is 0.332 e. The number of rotatable bonds is 8. The molecule has 2 fully saturated rings. The molecule has 4 heterocycles. The van der Waals surface area contributed by atoms with E-state index in [1.165, 1.54) is 25.0 Å². The predicted octanol–water partition coefficient (Wildman–Crippen LogP) is 2.78. The van der Waals surface area contributed by atoms with Gasteiger partial charge in [0.25, 0.3) is 0 Å². The van der Waals surface area contributed by atoms with Gasteiger partial charge in [-0.25, -0.2) is 4.68 Å². The van der Waals surface area contributed by atoms with Crippen LogP contribution in [0, 0.1) is 12.3 Å². The number of nitrogens with one attached hydrogen (secondary N) is 2. The van der Waals surface area contributed by atoms with Gasteiger partial charge in [-0.2, -0.15) is 28.6 Å². The molecular formula is C25H26FN9O2S. The van der Waals surface area contributed by atoms with Crippen LogP contribution in [0.15, 0.2) is 41.4 Å². The van der Waals surface area contributed by atoms with Gasteiger partial charge in [0.15, 0.2) is 11.5 Å². The highest BCUT2D eigenvalue weighted by Crippen LogP contribution is 2.40. The molecule has 0 radical (unpaired) electrons. The Balaban J connectivity index is 1.19. The summed E-state index contributed by atoms with van der Waals surface area (Å²) in [5.74, 6) is 5.07. The van der Waals surface area contributed by atoms with E-state index >= 15 is 0 Å². The molecule has 0 unspecified atom stereocenters. The van der Waals surface area contributed by atoms with Crippen LogP contribution >= 0.6 is 0 Å². The van der Waals surface area contributed by atoms with Crippen LogP contribution in [0.1, 0.15) is 30.0 Å². The predicted molar refractivity (Wildman–Crippen MR) is 140 cm³/mol. The maximum absolute atomic E-state index is 13.2. The summed E-state index contributed by atoms with van der Waals surface area (Å²) < 4.78 is 37.0. The molecule has 2 aliphatic rings. The summed E-state index contributed by atoms with van der Waals surface area (Å²) in [6.45, 7) is 3.81. The van der Waals surface area contributed by atoms with Gasteiger partial charge in [0.2, 0.25) is 5.95 Å². The summed E-state index contributed by atoms with van der Waals surface area (Å²) in [6.07, 6.45) is 9.62. The van der Waals surface area contributed by atoms with Crippen molar-refractivity contribution in [3.63, 3.8) is 0 Å². The summed E-state index contributed by atoms with van der Waals surface area (Å²) in [5.41, 5.74) is 2.69. The number of H-pyrrole nitrogens is 1. The number of hydrogen-bond donors (Lipinski definition) is 2. The zero-order chi connectivity index (χ0) is 26.3. The number of piperazine rings is 1. The van der Waals surface area contributed by atoms with Crippen LogP contribution in [0.25, 0.3) is 11.0 Å². The Morgan fingerprint density at radius 1 is 1.13 bits per heavy atom. The third kappa shape index (κ3) is 5.05. The van der Waals surface area contributed by atoms with E-state index in [9.17, 15) is 12.3 Å². The Hall–Kier alpha value is -4.02. The number of fused-ring (bicyclic) bond motifs is 1. The number of terminal acetylenes is 1. The van der Waals surface area contributed by atoms with Crippen molar-refractivity contribution in [1.29, 1.82) is 0 Å². The SMILES string of the molecule is C#CCn1ncc2c(Nc3cc(C4CC4)[nH]n3)nc(N3CCN(Cc4ccc(S(=O)(=O)F)cc4)CC3)nc21. The second kappa shape index (κ2) is 9.70. The molecule has 0 atom stereocenters. The second-order valence-electron chi connectivity index (χ2n) is 9.57. The molecule has 0 amide bonds. The van der Waals surface area contributed by atoms with E-state index in [4.69, 9.17) is 16.4 Å². The Labute approximate surface area is 219 Å². The first kappa shape index (κ1) is 24.3. The largest absolute Gasteiger partial charge is 0.338 e. The molecule has 6 rings (SSSR count). The molecule has 196 valence electrons. The molecule has 1 aliphatic heterocycles. The first-order chi connectivity index (χ1) is 18.4. The second-order valence-corrected chi connectivity index (χ2v) is 10.9. The van der Waals surface area contributed by atoms with E-state index in [2.05, 4.69) is 36.3 Å². The normalized spacial score (nSPS) is 16.6. The highest BCUT2D eigenvalue weighted by atomic mass is 32.3. The minimum Gasteiger partial charge on any atom is -0.338 e. The van der Waals surface area contributed by atoms with Gasteiger partial charge in [-0.15, -0.1) is 10.3 Å². The Morgan fingerprint density at radius 2 is 1.89 bits per heavy atom. The molecule has 11 nitrogen and oxygen atoms in total. The standard InChI is InChI=1S/C25H26FN9O2S/c1-2-9-35-24-20(15-27-35)23(28-22-14-21(31-32-22)18-5-6-18)29-25(30-24)34-12-10-33(11-13-34)16-17-3-7-19(8-4-17)38(26,36)37/h1,3-4,7-8,14-15,18H,5-6,9-13,16H2,(H2,28,29,30,31,32). The maximum atomic E-state index is 13.2. The van der Waals surface area contributed by atoms with Gasteiger partial charge in [0, 0.05) is 50.4 Å². The van der Waals surface area contributed by atoms with Crippen molar-refractivity contribution in [3.8, 4) is 12.3 Å². The Kier molecular flexibility index (Phi) is 6.21. The van der Waals surface area contributed by atoms with Crippen LogP contribution in [0.2, 0.25) is 0 Å². The third-order valence-electron chi connectivity index (χ3n) is 6.85. The first-order valence-corrected chi connectivity index (χ1v) is 13.8.